The van der Waals surface area contributed by atoms with E-state index in [0.29, 0.717) is 0 Å². The number of rotatable bonds is 6. The minimum atomic E-state index is -1.26. The monoisotopic (exact) mass is 255 g/mol. The van der Waals surface area contributed by atoms with E-state index < -0.39 is 24.6 Å². The average molecular weight is 255 g/mol. The Hall–Kier alpha value is -1.66. The molecule has 0 spiro atoms. The van der Waals surface area contributed by atoms with Crippen molar-refractivity contribution in [1.29, 1.82) is 0 Å². The molecule has 0 bridgehead atoms. The Bertz CT molecular complexity index is 449. The van der Waals surface area contributed by atoms with Gasteiger partial charge in [0.15, 0.2) is 0 Å². The second kappa shape index (κ2) is 6.93. The lowest BCUT2D eigenvalue weighted by molar-refractivity contribution is 0.0148. The highest BCUT2D eigenvalue weighted by Crippen LogP contribution is 2.21. The minimum absolute atomic E-state index is 0.0476. The molecule has 18 heavy (non-hydrogen) atoms. The van der Waals surface area contributed by atoms with Gasteiger partial charge in [0, 0.05) is 17.0 Å². The van der Waals surface area contributed by atoms with E-state index in [1.807, 2.05) is 0 Å². The first kappa shape index (κ1) is 14.4. The zero-order valence-electron chi connectivity index (χ0n) is 9.57. The zero-order chi connectivity index (χ0) is 13.5. The quantitative estimate of drug-likeness (QED) is 0.406. The van der Waals surface area contributed by atoms with Crippen LogP contribution >= 0.6 is 0 Å². The van der Waals surface area contributed by atoms with E-state index in [1.165, 1.54) is 12.1 Å². The maximum Gasteiger partial charge on any atom is 0.129 e. The van der Waals surface area contributed by atoms with E-state index in [2.05, 4.69) is 10.0 Å². The summed E-state index contributed by atoms with van der Waals surface area (Å²) >= 11 is 0. The number of azide groups is 1. The Morgan fingerprint density at radius 3 is 2.67 bits per heavy atom. The van der Waals surface area contributed by atoms with E-state index in [9.17, 15) is 14.6 Å². The van der Waals surface area contributed by atoms with E-state index in [4.69, 9.17) is 10.6 Å². The van der Waals surface area contributed by atoms with Crippen LogP contribution in [0.2, 0.25) is 0 Å². The Labute approximate surface area is 103 Å². The van der Waals surface area contributed by atoms with Crippen LogP contribution in [0, 0.1) is 5.82 Å². The summed E-state index contributed by atoms with van der Waals surface area (Å²) in [5.74, 6) is -0.642. The zero-order valence-corrected chi connectivity index (χ0v) is 9.57. The molecule has 1 rings (SSSR count). The topological polar surface area (TPSA) is 109 Å². The predicted molar refractivity (Wildman–Crippen MR) is 61.9 cm³/mol. The smallest absolute Gasteiger partial charge is 0.129 e. The van der Waals surface area contributed by atoms with Gasteiger partial charge in [-0.15, -0.1) is 0 Å². The summed E-state index contributed by atoms with van der Waals surface area (Å²) in [7, 11) is 0. The van der Waals surface area contributed by atoms with Crippen molar-refractivity contribution in [2.75, 3.05) is 6.54 Å². The van der Waals surface area contributed by atoms with Gasteiger partial charge in [0.25, 0.3) is 0 Å². The molecular formula is C11H14FN3O3. The fourth-order valence-corrected chi connectivity index (χ4v) is 1.49. The molecule has 1 aromatic rings. The molecule has 0 aromatic heterocycles. The first-order chi connectivity index (χ1) is 8.60. The van der Waals surface area contributed by atoms with Gasteiger partial charge < -0.3 is 15.3 Å². The van der Waals surface area contributed by atoms with Gasteiger partial charge in [-0.2, -0.15) is 0 Å². The molecule has 0 aliphatic heterocycles. The lowest BCUT2D eigenvalue weighted by Crippen LogP contribution is -2.19. The van der Waals surface area contributed by atoms with Gasteiger partial charge in [-0.05, 0) is 23.6 Å². The van der Waals surface area contributed by atoms with Gasteiger partial charge in [0.2, 0.25) is 0 Å². The SMILES string of the molecule is [N-]=[N+]=NCCC(O)C(O)c1ccc(CO)c(F)c1. The molecule has 3 N–H and O–H groups in total. The van der Waals surface area contributed by atoms with Gasteiger partial charge in [-0.3, -0.25) is 0 Å². The minimum Gasteiger partial charge on any atom is -0.392 e. The third-order valence-electron chi connectivity index (χ3n) is 2.54. The number of halogens is 1. The van der Waals surface area contributed by atoms with Crippen molar-refractivity contribution in [3.8, 4) is 0 Å². The van der Waals surface area contributed by atoms with Crippen molar-refractivity contribution in [3.05, 3.63) is 45.6 Å². The molecule has 2 unspecified atom stereocenters. The van der Waals surface area contributed by atoms with Crippen LogP contribution in [-0.4, -0.2) is 28.0 Å². The summed E-state index contributed by atoms with van der Waals surface area (Å²) in [4.78, 5) is 2.52. The summed E-state index contributed by atoms with van der Waals surface area (Å²) < 4.78 is 13.4. The Kier molecular flexibility index (Phi) is 5.54. The predicted octanol–water partition coefficient (Wildman–Crippen LogP) is 1.41. The highest BCUT2D eigenvalue weighted by molar-refractivity contribution is 5.26. The lowest BCUT2D eigenvalue weighted by Gasteiger charge is -2.17. The molecule has 0 aliphatic rings. The molecule has 0 radical (unpaired) electrons. The number of aliphatic hydroxyl groups is 3. The average Bonchev–Trinajstić information content (AvgIpc) is 2.38. The third kappa shape index (κ3) is 3.68. The van der Waals surface area contributed by atoms with E-state index >= 15 is 0 Å². The maximum atomic E-state index is 13.4. The molecular weight excluding hydrogens is 241 g/mol. The molecule has 0 saturated carbocycles. The third-order valence-corrected chi connectivity index (χ3v) is 2.54. The van der Waals surface area contributed by atoms with Crippen molar-refractivity contribution in [1.82, 2.24) is 0 Å². The fraction of sp³-hybridized carbons (Fsp3) is 0.455. The van der Waals surface area contributed by atoms with Crippen molar-refractivity contribution in [3.63, 3.8) is 0 Å². The van der Waals surface area contributed by atoms with Crippen LogP contribution in [0.15, 0.2) is 23.3 Å². The largest absolute Gasteiger partial charge is 0.392 e. The summed E-state index contributed by atoms with van der Waals surface area (Å²) in [6.45, 7) is -0.381. The lowest BCUT2D eigenvalue weighted by atomic mass is 10.0. The Morgan fingerprint density at radius 2 is 2.11 bits per heavy atom. The van der Waals surface area contributed by atoms with E-state index in [-0.39, 0.29) is 24.1 Å². The van der Waals surface area contributed by atoms with Crippen molar-refractivity contribution in [2.24, 2.45) is 5.11 Å². The molecule has 98 valence electrons. The molecule has 0 fully saturated rings. The van der Waals surface area contributed by atoms with Gasteiger partial charge in [-0.1, -0.05) is 17.2 Å². The molecule has 0 saturated heterocycles. The maximum absolute atomic E-state index is 13.4. The van der Waals surface area contributed by atoms with E-state index in [0.717, 1.165) is 6.07 Å². The van der Waals surface area contributed by atoms with Crippen LogP contribution in [0.1, 0.15) is 23.7 Å². The van der Waals surface area contributed by atoms with Crippen LogP contribution in [0.5, 0.6) is 0 Å². The second-order valence-electron chi connectivity index (χ2n) is 3.76. The van der Waals surface area contributed by atoms with Crippen molar-refractivity contribution >= 4 is 0 Å². The number of nitrogens with zero attached hydrogens (tertiary/aromatic N) is 3. The number of aliphatic hydroxyl groups excluding tert-OH is 3. The number of hydrogen-bond donors (Lipinski definition) is 3. The van der Waals surface area contributed by atoms with E-state index in [1.54, 1.807) is 0 Å². The Balaban J connectivity index is 2.73. The molecule has 6 nitrogen and oxygen atoms in total. The van der Waals surface area contributed by atoms with Gasteiger partial charge in [0.1, 0.15) is 11.9 Å². The number of benzene rings is 1. The second-order valence-corrected chi connectivity index (χ2v) is 3.76. The van der Waals surface area contributed by atoms with Crippen LogP contribution in [0.4, 0.5) is 4.39 Å². The highest BCUT2D eigenvalue weighted by atomic mass is 19.1. The summed E-state index contributed by atoms with van der Waals surface area (Å²) in [5.41, 5.74) is 8.40. The summed E-state index contributed by atoms with van der Waals surface area (Å²) in [6, 6.07) is 3.83. The van der Waals surface area contributed by atoms with Crippen LogP contribution in [0.3, 0.4) is 0 Å². The highest BCUT2D eigenvalue weighted by Gasteiger charge is 2.18. The van der Waals surface area contributed by atoms with Crippen molar-refractivity contribution < 1.29 is 19.7 Å². The van der Waals surface area contributed by atoms with Gasteiger partial charge in [-0.25, -0.2) is 4.39 Å². The molecule has 1 aromatic carbocycles. The van der Waals surface area contributed by atoms with Crippen LogP contribution in [-0.2, 0) is 6.61 Å². The standard InChI is InChI=1S/C11H14FN3O3/c12-9-5-7(1-2-8(9)6-16)11(18)10(17)3-4-14-15-13/h1-2,5,10-11,16-18H,3-4,6H2. The summed E-state index contributed by atoms with van der Waals surface area (Å²) in [5, 5.41) is 31.4. The normalized spacial score (nSPS) is 13.8. The molecule has 7 heteroatoms. The van der Waals surface area contributed by atoms with Crippen LogP contribution in [0.25, 0.3) is 10.4 Å². The first-order valence-corrected chi connectivity index (χ1v) is 5.36. The molecule has 0 aliphatic carbocycles. The van der Waals surface area contributed by atoms with Gasteiger partial charge >= 0.3 is 0 Å². The van der Waals surface area contributed by atoms with Crippen molar-refractivity contribution in [2.45, 2.75) is 25.2 Å². The fourth-order valence-electron chi connectivity index (χ4n) is 1.49. The molecule has 2 atom stereocenters. The Morgan fingerprint density at radius 1 is 1.39 bits per heavy atom. The molecule has 0 heterocycles. The summed E-state index contributed by atoms with van der Waals surface area (Å²) in [6.07, 6.45) is -2.33. The number of hydrogen-bond acceptors (Lipinski definition) is 4. The first-order valence-electron chi connectivity index (χ1n) is 5.36. The van der Waals surface area contributed by atoms with Crippen LogP contribution < -0.4 is 0 Å². The molecule has 0 amide bonds. The van der Waals surface area contributed by atoms with Gasteiger partial charge in [0.05, 0.1) is 12.7 Å².